The van der Waals surface area contributed by atoms with Gasteiger partial charge in [0.25, 0.3) is 5.91 Å². The number of amidine groups is 1. The molecule has 0 bridgehead atoms. The Morgan fingerprint density at radius 3 is 2.43 bits per heavy atom. The van der Waals surface area contributed by atoms with Crippen LogP contribution in [0.5, 0.6) is 0 Å². The number of hydrogen-bond donors (Lipinski definition) is 4. The Morgan fingerprint density at radius 2 is 1.77 bits per heavy atom. The van der Waals surface area contributed by atoms with E-state index in [2.05, 4.69) is 16.4 Å². The second-order valence-electron chi connectivity index (χ2n) is 7.81. The molecule has 8 heteroatoms. The van der Waals surface area contributed by atoms with Crippen molar-refractivity contribution in [2.45, 2.75) is 19.5 Å². The molecule has 3 rings (SSSR count). The van der Waals surface area contributed by atoms with E-state index in [0.717, 1.165) is 29.3 Å². The van der Waals surface area contributed by atoms with Crippen LogP contribution in [0.1, 0.15) is 33.4 Å². The summed E-state index contributed by atoms with van der Waals surface area (Å²) in [5.41, 5.74) is 15.4. The predicted octanol–water partition coefficient (Wildman–Crippen LogP) is 3.30. The molecule has 0 radical (unpaired) electrons. The lowest BCUT2D eigenvalue weighted by Gasteiger charge is -2.07. The summed E-state index contributed by atoms with van der Waals surface area (Å²) in [7, 11) is 0. The first-order valence-corrected chi connectivity index (χ1v) is 10.8. The highest BCUT2D eigenvalue weighted by atomic mass is 19.1. The van der Waals surface area contributed by atoms with Gasteiger partial charge in [-0.3, -0.25) is 15.2 Å². The summed E-state index contributed by atoms with van der Waals surface area (Å²) in [6.45, 7) is 0.449. The zero-order chi connectivity index (χ0) is 25.2. The molecule has 0 aliphatic rings. The molecule has 7 nitrogen and oxygen atoms in total. The van der Waals surface area contributed by atoms with Gasteiger partial charge in [-0.05, 0) is 52.9 Å². The van der Waals surface area contributed by atoms with Gasteiger partial charge in [-0.2, -0.15) is 5.26 Å². The van der Waals surface area contributed by atoms with Crippen LogP contribution < -0.4 is 16.8 Å². The predicted molar refractivity (Wildman–Crippen MR) is 134 cm³/mol. The molecule has 0 fully saturated rings. The lowest BCUT2D eigenvalue weighted by atomic mass is 10.0. The summed E-state index contributed by atoms with van der Waals surface area (Å²) in [5.74, 6) is -1.42. The molecular formula is C27H25FN6O. The van der Waals surface area contributed by atoms with Crippen LogP contribution in [0.2, 0.25) is 0 Å². The number of nitriles is 1. The maximum atomic E-state index is 13.9. The van der Waals surface area contributed by atoms with E-state index in [9.17, 15) is 9.18 Å². The maximum absolute atomic E-state index is 13.9. The highest BCUT2D eigenvalue weighted by Crippen LogP contribution is 2.13. The molecule has 0 aromatic heterocycles. The van der Waals surface area contributed by atoms with Crippen LogP contribution in [0.3, 0.4) is 0 Å². The molecule has 35 heavy (non-hydrogen) atoms. The van der Waals surface area contributed by atoms with Gasteiger partial charge in [0, 0.05) is 19.0 Å². The second-order valence-corrected chi connectivity index (χ2v) is 7.81. The van der Waals surface area contributed by atoms with E-state index < -0.39 is 11.7 Å². The van der Waals surface area contributed by atoms with Crippen molar-refractivity contribution in [1.29, 1.82) is 10.7 Å². The molecule has 0 saturated heterocycles. The fourth-order valence-corrected chi connectivity index (χ4v) is 3.35. The zero-order valence-corrected chi connectivity index (χ0v) is 19.0. The monoisotopic (exact) mass is 468 g/mol. The summed E-state index contributed by atoms with van der Waals surface area (Å²) >= 11 is 0. The number of halogens is 1. The van der Waals surface area contributed by atoms with Crippen LogP contribution in [-0.2, 0) is 24.3 Å². The SMILES string of the molecule is N#Cc1cccc(Cc2ccc(CN=C/C(=C\N)C(=O)NCc3ccc(C(=N)N)c(F)c3)cc2)c1. The lowest BCUT2D eigenvalue weighted by molar-refractivity contribution is -0.117. The number of amides is 1. The minimum absolute atomic E-state index is 0.0102. The summed E-state index contributed by atoms with van der Waals surface area (Å²) in [5, 5.41) is 19.0. The number of nitrogens with one attached hydrogen (secondary N) is 2. The van der Waals surface area contributed by atoms with Gasteiger partial charge in [0.05, 0.1) is 29.3 Å². The largest absolute Gasteiger partial charge is 0.404 e. The minimum Gasteiger partial charge on any atom is -0.404 e. The first-order chi connectivity index (χ1) is 16.9. The molecule has 176 valence electrons. The molecule has 0 aliphatic heterocycles. The highest BCUT2D eigenvalue weighted by Gasteiger charge is 2.09. The van der Waals surface area contributed by atoms with Gasteiger partial charge in [-0.1, -0.05) is 42.5 Å². The summed E-state index contributed by atoms with van der Waals surface area (Å²) in [6, 6.07) is 21.8. The smallest absolute Gasteiger partial charge is 0.254 e. The van der Waals surface area contributed by atoms with E-state index in [4.69, 9.17) is 22.1 Å². The normalized spacial score (nSPS) is 11.3. The third-order valence-electron chi connectivity index (χ3n) is 5.21. The molecule has 6 N–H and O–H groups in total. The van der Waals surface area contributed by atoms with E-state index in [1.54, 1.807) is 12.1 Å². The van der Waals surface area contributed by atoms with Crippen LogP contribution in [0, 0.1) is 22.6 Å². The molecule has 3 aromatic rings. The number of aliphatic imine (C=N–C) groups is 1. The number of nitrogen functional groups attached to an aromatic ring is 1. The van der Waals surface area contributed by atoms with Gasteiger partial charge in [-0.15, -0.1) is 0 Å². The van der Waals surface area contributed by atoms with Crippen LogP contribution in [0.15, 0.2) is 83.5 Å². The van der Waals surface area contributed by atoms with Gasteiger partial charge in [0.2, 0.25) is 0 Å². The molecule has 0 aliphatic carbocycles. The summed E-state index contributed by atoms with van der Waals surface area (Å²) in [6.07, 6.45) is 3.29. The Labute approximate surface area is 203 Å². The van der Waals surface area contributed by atoms with Crippen LogP contribution in [0.25, 0.3) is 0 Å². The Balaban J connectivity index is 1.52. The molecule has 0 saturated carbocycles. The molecule has 1 amide bonds. The number of carbonyl (C=O) groups excluding carboxylic acids is 1. The van der Waals surface area contributed by atoms with Crippen LogP contribution >= 0.6 is 0 Å². The van der Waals surface area contributed by atoms with Crippen molar-refractivity contribution in [3.63, 3.8) is 0 Å². The maximum Gasteiger partial charge on any atom is 0.254 e. The fraction of sp³-hybridized carbons (Fsp3) is 0.111. The van der Waals surface area contributed by atoms with Crippen molar-refractivity contribution in [2.75, 3.05) is 0 Å². The third kappa shape index (κ3) is 7.11. The Morgan fingerprint density at radius 1 is 1.06 bits per heavy atom. The van der Waals surface area contributed by atoms with Crippen molar-refractivity contribution in [2.24, 2.45) is 16.5 Å². The fourth-order valence-electron chi connectivity index (χ4n) is 3.35. The minimum atomic E-state index is -0.623. The topological polar surface area (TPSA) is 141 Å². The van der Waals surface area contributed by atoms with E-state index >= 15 is 0 Å². The Bertz CT molecular complexity index is 1320. The number of benzene rings is 3. The highest BCUT2D eigenvalue weighted by molar-refractivity contribution is 6.12. The molecule has 0 heterocycles. The van der Waals surface area contributed by atoms with Gasteiger partial charge in [-0.25, -0.2) is 4.39 Å². The van der Waals surface area contributed by atoms with Crippen LogP contribution in [0.4, 0.5) is 4.39 Å². The molecule has 0 spiro atoms. The van der Waals surface area contributed by atoms with Gasteiger partial charge in [0.1, 0.15) is 11.7 Å². The first kappa shape index (κ1) is 24.9. The van der Waals surface area contributed by atoms with E-state index in [1.165, 1.54) is 18.3 Å². The molecule has 0 unspecified atom stereocenters. The summed E-state index contributed by atoms with van der Waals surface area (Å²) in [4.78, 5) is 16.7. The summed E-state index contributed by atoms with van der Waals surface area (Å²) < 4.78 is 13.9. The standard InChI is InChI=1S/C27H25FN6O/c28-25-12-22(8-9-24(25)26(31)32)16-34-27(35)23(14-30)17-33-15-19-6-4-18(5-7-19)10-20-2-1-3-21(11-20)13-29/h1-9,11-12,14,17H,10,15-16,30H2,(H3,31,32)(H,34,35)/b23-14+,33-17?. The van der Waals surface area contributed by atoms with Crippen molar-refractivity contribution >= 4 is 18.0 Å². The van der Waals surface area contributed by atoms with E-state index in [-0.39, 0.29) is 23.5 Å². The Hall–Kier alpha value is -4.77. The number of nitrogens with two attached hydrogens (primary N) is 2. The third-order valence-corrected chi connectivity index (χ3v) is 5.21. The first-order valence-electron chi connectivity index (χ1n) is 10.8. The van der Waals surface area contributed by atoms with Crippen molar-refractivity contribution < 1.29 is 9.18 Å². The van der Waals surface area contributed by atoms with Crippen molar-refractivity contribution in [1.82, 2.24) is 5.32 Å². The molecule has 0 atom stereocenters. The number of carbonyl (C=O) groups is 1. The van der Waals surface area contributed by atoms with Gasteiger partial charge < -0.3 is 16.8 Å². The van der Waals surface area contributed by atoms with Gasteiger partial charge in [0.15, 0.2) is 0 Å². The van der Waals surface area contributed by atoms with E-state index in [1.807, 2.05) is 42.5 Å². The van der Waals surface area contributed by atoms with E-state index in [0.29, 0.717) is 17.7 Å². The van der Waals surface area contributed by atoms with Crippen molar-refractivity contribution in [3.8, 4) is 6.07 Å². The number of rotatable bonds is 9. The van der Waals surface area contributed by atoms with Crippen molar-refractivity contribution in [3.05, 3.63) is 118 Å². The van der Waals surface area contributed by atoms with Gasteiger partial charge >= 0.3 is 0 Å². The average molecular weight is 469 g/mol. The van der Waals surface area contributed by atoms with Crippen LogP contribution in [-0.4, -0.2) is 18.0 Å². The molecule has 3 aromatic carbocycles. The molecular weight excluding hydrogens is 443 g/mol. The zero-order valence-electron chi connectivity index (χ0n) is 19.0. The average Bonchev–Trinajstić information content (AvgIpc) is 2.86. The lowest BCUT2D eigenvalue weighted by Crippen LogP contribution is -2.26. The second kappa shape index (κ2) is 11.9. The quantitative estimate of drug-likeness (QED) is 0.217. The number of nitrogens with zero attached hydrogens (tertiary/aromatic N) is 2. The Kier molecular flexibility index (Phi) is 8.46. The number of hydrogen-bond acceptors (Lipinski definition) is 5.